The molecular formula is C22H28ClN5O3. The molecule has 4 atom stereocenters. The number of nitrogens with two attached hydrogens (primary N) is 1. The molecule has 2 aromatic heterocycles. The van der Waals surface area contributed by atoms with Gasteiger partial charge >= 0.3 is 0 Å². The summed E-state index contributed by atoms with van der Waals surface area (Å²) in [5.74, 6) is 0.0883. The first kappa shape index (κ1) is 22.0. The second-order valence-corrected chi connectivity index (χ2v) is 8.18. The van der Waals surface area contributed by atoms with Crippen LogP contribution in [0.5, 0.6) is 0 Å². The largest absolute Gasteiger partial charge is 0.368 e. The van der Waals surface area contributed by atoms with Crippen molar-refractivity contribution in [1.82, 2.24) is 19.5 Å². The number of anilines is 1. The molecule has 9 heteroatoms. The molecule has 2 saturated heterocycles. The van der Waals surface area contributed by atoms with Crippen molar-refractivity contribution in [3.8, 4) is 0 Å². The van der Waals surface area contributed by atoms with Gasteiger partial charge in [0, 0.05) is 0 Å². The maximum atomic E-state index is 6.46. The van der Waals surface area contributed by atoms with E-state index in [2.05, 4.69) is 35.7 Å². The van der Waals surface area contributed by atoms with Crippen LogP contribution in [0, 0.1) is 0 Å². The van der Waals surface area contributed by atoms with Gasteiger partial charge in [0.05, 0.1) is 19.5 Å². The highest BCUT2D eigenvalue weighted by atomic mass is 35.5. The Morgan fingerprint density at radius 3 is 2.68 bits per heavy atom. The van der Waals surface area contributed by atoms with Crippen molar-refractivity contribution in [2.75, 3.05) is 12.3 Å². The summed E-state index contributed by atoms with van der Waals surface area (Å²) in [5, 5.41) is 0.215. The summed E-state index contributed by atoms with van der Waals surface area (Å²) in [5.41, 5.74) is 7.37. The van der Waals surface area contributed by atoms with E-state index in [0.717, 1.165) is 12.0 Å². The Morgan fingerprint density at radius 1 is 1.23 bits per heavy atom. The first-order valence-corrected chi connectivity index (χ1v) is 11.0. The van der Waals surface area contributed by atoms with Crippen molar-refractivity contribution in [2.45, 2.75) is 64.3 Å². The summed E-state index contributed by atoms with van der Waals surface area (Å²) in [7, 11) is 0. The predicted molar refractivity (Wildman–Crippen MR) is 119 cm³/mol. The highest BCUT2D eigenvalue weighted by molar-refractivity contribution is 6.33. The minimum atomic E-state index is -0.511. The minimum Gasteiger partial charge on any atom is -0.368 e. The number of aromatic nitrogens is 4. The second-order valence-electron chi connectivity index (χ2n) is 7.82. The lowest BCUT2D eigenvalue weighted by atomic mass is 9.96. The van der Waals surface area contributed by atoms with Crippen molar-refractivity contribution in [1.29, 1.82) is 0 Å². The molecule has 166 valence electrons. The third-order valence-electron chi connectivity index (χ3n) is 5.51. The van der Waals surface area contributed by atoms with E-state index < -0.39 is 11.8 Å². The Balaban J connectivity index is 0.000000730. The molecule has 1 unspecified atom stereocenters. The van der Waals surface area contributed by atoms with E-state index in [4.69, 9.17) is 31.5 Å². The molecule has 2 aliphatic heterocycles. The third-order valence-corrected chi connectivity index (χ3v) is 5.78. The Bertz CT molecular complexity index is 1030. The fourth-order valence-corrected chi connectivity index (χ4v) is 4.26. The number of imidazole rings is 1. The minimum absolute atomic E-state index is 0.0883. The number of nitrogens with zero attached hydrogens (tertiary/aromatic N) is 4. The van der Waals surface area contributed by atoms with Crippen LogP contribution in [0.3, 0.4) is 0 Å². The molecule has 0 radical (unpaired) electrons. The van der Waals surface area contributed by atoms with Gasteiger partial charge in [0.15, 0.2) is 17.0 Å². The molecule has 3 aromatic rings. The van der Waals surface area contributed by atoms with Gasteiger partial charge in [-0.1, -0.05) is 69.1 Å². The van der Waals surface area contributed by atoms with Crippen LogP contribution < -0.4 is 5.73 Å². The van der Waals surface area contributed by atoms with Crippen molar-refractivity contribution in [3.05, 3.63) is 47.4 Å². The quantitative estimate of drug-likeness (QED) is 0.589. The number of fused-ring (bicyclic) bond motifs is 3. The van der Waals surface area contributed by atoms with Crippen LogP contribution in [-0.4, -0.2) is 43.9 Å². The van der Waals surface area contributed by atoms with Gasteiger partial charge in [0.1, 0.15) is 23.3 Å². The molecule has 0 aliphatic carbocycles. The van der Waals surface area contributed by atoms with Gasteiger partial charge in [-0.05, 0) is 12.0 Å². The van der Waals surface area contributed by atoms with E-state index in [1.807, 2.05) is 30.3 Å². The zero-order chi connectivity index (χ0) is 22.0. The normalized spacial score (nSPS) is 26.8. The predicted octanol–water partition coefficient (Wildman–Crippen LogP) is 4.14. The summed E-state index contributed by atoms with van der Waals surface area (Å²) in [4.78, 5) is 12.6. The summed E-state index contributed by atoms with van der Waals surface area (Å²) in [6.45, 7) is 7.32. The number of ether oxygens (including phenoxy) is 3. The van der Waals surface area contributed by atoms with E-state index in [1.54, 1.807) is 10.9 Å². The van der Waals surface area contributed by atoms with Gasteiger partial charge < -0.3 is 19.9 Å². The van der Waals surface area contributed by atoms with Crippen LogP contribution in [0.25, 0.3) is 11.2 Å². The van der Waals surface area contributed by atoms with Crippen LogP contribution in [0.15, 0.2) is 36.7 Å². The zero-order valence-electron chi connectivity index (χ0n) is 18.0. The smallest absolute Gasteiger partial charge is 0.223 e. The van der Waals surface area contributed by atoms with E-state index in [0.29, 0.717) is 24.4 Å². The van der Waals surface area contributed by atoms with Crippen molar-refractivity contribution < 1.29 is 14.2 Å². The maximum Gasteiger partial charge on any atom is 0.223 e. The molecule has 0 saturated carbocycles. The average molecular weight is 446 g/mol. The molecule has 1 aromatic carbocycles. The fraction of sp³-hybridized carbons (Fsp3) is 0.500. The summed E-state index contributed by atoms with van der Waals surface area (Å²) in [6, 6.07) is 10.1. The van der Waals surface area contributed by atoms with Crippen LogP contribution in [0.4, 0.5) is 5.95 Å². The highest BCUT2D eigenvalue weighted by Crippen LogP contribution is 2.49. The average Bonchev–Trinajstić information content (AvgIpc) is 3.43. The Hall–Kier alpha value is -2.26. The Morgan fingerprint density at radius 2 is 1.97 bits per heavy atom. The second kappa shape index (κ2) is 9.08. The summed E-state index contributed by atoms with van der Waals surface area (Å²) < 4.78 is 20.6. The number of halogens is 1. The standard InChI is InChI=1S/C19H20ClN5O3.C3H8/c1-2-19-9-27-13(14(19)26-8-11-6-4-3-5-7-11)17(28-19)25-10-22-12-15(20)23-18(21)24-16(12)25;1-3-2/h3-7,10,13-14,17H,2,8-9H2,1H3,(H2,21,23,24);3H2,1-2H3/t13-,14?,17+,19-;/m0./s1. The van der Waals surface area contributed by atoms with Gasteiger partial charge in [-0.3, -0.25) is 4.57 Å². The molecule has 2 bridgehead atoms. The zero-order valence-corrected chi connectivity index (χ0v) is 18.7. The van der Waals surface area contributed by atoms with Crippen LogP contribution in [0.2, 0.25) is 5.15 Å². The number of nitrogen functional groups attached to an aromatic ring is 1. The van der Waals surface area contributed by atoms with Gasteiger partial charge in [-0.2, -0.15) is 9.97 Å². The topological polar surface area (TPSA) is 97.3 Å². The molecule has 31 heavy (non-hydrogen) atoms. The lowest BCUT2D eigenvalue weighted by Gasteiger charge is -2.30. The van der Waals surface area contributed by atoms with E-state index in [-0.39, 0.29) is 23.3 Å². The van der Waals surface area contributed by atoms with Crippen molar-refractivity contribution in [3.63, 3.8) is 0 Å². The van der Waals surface area contributed by atoms with E-state index in [1.165, 1.54) is 6.42 Å². The first-order chi connectivity index (χ1) is 15.0. The van der Waals surface area contributed by atoms with Gasteiger partial charge in [0.25, 0.3) is 0 Å². The van der Waals surface area contributed by atoms with Gasteiger partial charge in [-0.15, -0.1) is 0 Å². The van der Waals surface area contributed by atoms with Crippen LogP contribution in [0.1, 0.15) is 45.4 Å². The fourth-order valence-electron chi connectivity index (χ4n) is 4.04. The maximum absolute atomic E-state index is 6.46. The molecule has 4 heterocycles. The summed E-state index contributed by atoms with van der Waals surface area (Å²) in [6.07, 6.45) is 2.75. The monoisotopic (exact) mass is 445 g/mol. The Labute approximate surface area is 186 Å². The Kier molecular flexibility index (Phi) is 6.43. The molecule has 2 fully saturated rings. The molecule has 5 rings (SSSR count). The van der Waals surface area contributed by atoms with E-state index >= 15 is 0 Å². The van der Waals surface area contributed by atoms with Gasteiger partial charge in [-0.25, -0.2) is 4.98 Å². The lowest BCUT2D eigenvalue weighted by molar-refractivity contribution is -0.174. The lowest BCUT2D eigenvalue weighted by Crippen LogP contribution is -2.41. The third kappa shape index (κ3) is 4.01. The first-order valence-electron chi connectivity index (χ1n) is 10.6. The molecule has 0 amide bonds. The SMILES string of the molecule is CCC.CC[C@]12CO[C@@H](C1OCc1ccccc1)[C@H](n1cnc3c(Cl)nc(N)nc31)O2. The van der Waals surface area contributed by atoms with Crippen molar-refractivity contribution >= 4 is 28.7 Å². The molecule has 2 N–H and O–H groups in total. The molecular weight excluding hydrogens is 418 g/mol. The number of hydrogen-bond donors (Lipinski definition) is 1. The number of hydrogen-bond acceptors (Lipinski definition) is 7. The van der Waals surface area contributed by atoms with E-state index in [9.17, 15) is 0 Å². The van der Waals surface area contributed by atoms with Gasteiger partial charge in [0.2, 0.25) is 5.95 Å². The van der Waals surface area contributed by atoms with Crippen molar-refractivity contribution in [2.24, 2.45) is 0 Å². The molecule has 2 aliphatic rings. The molecule has 8 nitrogen and oxygen atoms in total. The number of benzene rings is 1. The van der Waals surface area contributed by atoms with Crippen LogP contribution in [-0.2, 0) is 20.8 Å². The van der Waals surface area contributed by atoms with Crippen LogP contribution >= 0.6 is 11.6 Å². The summed E-state index contributed by atoms with van der Waals surface area (Å²) >= 11 is 6.16. The molecule has 0 spiro atoms. The number of rotatable bonds is 5. The highest BCUT2D eigenvalue weighted by Gasteiger charge is 2.62.